The van der Waals surface area contributed by atoms with Gasteiger partial charge in [-0.05, 0) is 33.7 Å². The van der Waals surface area contributed by atoms with Crippen LogP contribution >= 0.6 is 0 Å². The fourth-order valence-electron chi connectivity index (χ4n) is 1.47. The Kier molecular flexibility index (Phi) is 3.93. The van der Waals surface area contributed by atoms with Crippen molar-refractivity contribution in [3.8, 4) is 0 Å². The fraction of sp³-hybridized carbons (Fsp3) is 0.900. The highest BCUT2D eigenvalue weighted by molar-refractivity contribution is 5.68. The maximum atomic E-state index is 11.4. The molecule has 0 aromatic heterocycles. The van der Waals surface area contributed by atoms with E-state index < -0.39 is 17.8 Å². The number of carbonyl (C=O) groups excluding carboxylic acids is 1. The Morgan fingerprint density at radius 1 is 1.53 bits per heavy atom. The molecular weight excluding hydrogens is 196 g/mol. The summed E-state index contributed by atoms with van der Waals surface area (Å²) in [6, 6.07) is -0.207. The molecule has 1 fully saturated rings. The van der Waals surface area contributed by atoms with E-state index in [-0.39, 0.29) is 6.04 Å². The van der Waals surface area contributed by atoms with Crippen molar-refractivity contribution in [3.63, 3.8) is 0 Å². The van der Waals surface area contributed by atoms with Gasteiger partial charge in [0.2, 0.25) is 0 Å². The molecule has 1 saturated heterocycles. The maximum Gasteiger partial charge on any atom is 0.407 e. The van der Waals surface area contributed by atoms with Crippen LogP contribution in [-0.2, 0) is 4.74 Å². The van der Waals surface area contributed by atoms with Crippen molar-refractivity contribution >= 4 is 6.09 Å². The number of β-amino-alcohol motifs (C(OH)–C–C–N with tert-alkyl or cyclic N) is 1. The Morgan fingerprint density at radius 2 is 2.20 bits per heavy atom. The third-order valence-corrected chi connectivity index (χ3v) is 2.15. The van der Waals surface area contributed by atoms with Crippen LogP contribution in [0.4, 0.5) is 4.79 Å². The molecule has 3 N–H and O–H groups in total. The summed E-state index contributed by atoms with van der Waals surface area (Å²) in [6.45, 7) is 6.75. The summed E-state index contributed by atoms with van der Waals surface area (Å²) in [6.07, 6.45) is -0.278. The molecule has 0 bridgehead atoms. The van der Waals surface area contributed by atoms with Crippen LogP contribution in [0.25, 0.3) is 0 Å². The third kappa shape index (κ3) is 4.48. The van der Waals surface area contributed by atoms with E-state index in [2.05, 4.69) is 10.6 Å². The minimum absolute atomic E-state index is 0.207. The predicted octanol–water partition coefficient (Wildman–Crippen LogP) is 0.234. The van der Waals surface area contributed by atoms with Crippen LogP contribution in [0, 0.1) is 0 Å². The number of aliphatic hydroxyl groups excluding tert-OH is 1. The van der Waals surface area contributed by atoms with Crippen LogP contribution in [0.2, 0.25) is 0 Å². The second-order valence-electron chi connectivity index (χ2n) is 4.81. The Balaban J connectivity index is 2.36. The molecule has 5 nitrogen and oxygen atoms in total. The number of hydrogen-bond donors (Lipinski definition) is 3. The second-order valence-corrected chi connectivity index (χ2v) is 4.81. The van der Waals surface area contributed by atoms with E-state index in [1.807, 2.05) is 20.8 Å². The molecule has 88 valence electrons. The average molecular weight is 216 g/mol. The maximum absolute atomic E-state index is 11.4. The number of hydrogen-bond acceptors (Lipinski definition) is 4. The molecule has 0 unspecified atom stereocenters. The Hall–Kier alpha value is -0.810. The highest BCUT2D eigenvalue weighted by atomic mass is 16.6. The highest BCUT2D eigenvalue weighted by Crippen LogP contribution is 2.09. The number of piperidine rings is 1. The van der Waals surface area contributed by atoms with Gasteiger partial charge in [0, 0.05) is 6.54 Å². The van der Waals surface area contributed by atoms with Gasteiger partial charge in [-0.3, -0.25) is 0 Å². The molecule has 5 heteroatoms. The van der Waals surface area contributed by atoms with Crippen LogP contribution in [-0.4, -0.2) is 42.0 Å². The van der Waals surface area contributed by atoms with Gasteiger partial charge in [0.05, 0.1) is 12.1 Å². The van der Waals surface area contributed by atoms with Gasteiger partial charge in [-0.1, -0.05) is 0 Å². The van der Waals surface area contributed by atoms with Gasteiger partial charge in [0.25, 0.3) is 0 Å². The SMILES string of the molecule is CC(C)(C)OC(=O)N[C@H]1CCNC[C@@H]1O. The Bertz CT molecular complexity index is 225. The summed E-state index contributed by atoms with van der Waals surface area (Å²) in [7, 11) is 0. The molecule has 0 spiro atoms. The monoisotopic (exact) mass is 216 g/mol. The average Bonchev–Trinajstić information content (AvgIpc) is 2.05. The van der Waals surface area contributed by atoms with Gasteiger partial charge in [0.1, 0.15) is 5.60 Å². The molecule has 1 amide bonds. The number of alkyl carbamates (subject to hydrolysis) is 1. The lowest BCUT2D eigenvalue weighted by molar-refractivity contribution is 0.0386. The lowest BCUT2D eigenvalue weighted by Gasteiger charge is -2.30. The number of nitrogens with one attached hydrogen (secondary N) is 2. The summed E-state index contributed by atoms with van der Waals surface area (Å²) in [5, 5.41) is 15.3. The van der Waals surface area contributed by atoms with Crippen LogP contribution < -0.4 is 10.6 Å². The normalized spacial score (nSPS) is 27.2. The van der Waals surface area contributed by atoms with Gasteiger partial charge < -0.3 is 20.5 Å². The van der Waals surface area contributed by atoms with Crippen molar-refractivity contribution in [1.29, 1.82) is 0 Å². The van der Waals surface area contributed by atoms with Gasteiger partial charge in [-0.25, -0.2) is 4.79 Å². The van der Waals surface area contributed by atoms with Crippen molar-refractivity contribution in [3.05, 3.63) is 0 Å². The molecular formula is C10H20N2O3. The fourth-order valence-corrected chi connectivity index (χ4v) is 1.47. The summed E-state index contributed by atoms with van der Waals surface area (Å²) in [5.41, 5.74) is -0.498. The van der Waals surface area contributed by atoms with E-state index in [1.54, 1.807) is 0 Å². The molecule has 1 rings (SSSR count). The molecule has 1 aliphatic rings. The van der Waals surface area contributed by atoms with Gasteiger partial charge in [-0.15, -0.1) is 0 Å². The van der Waals surface area contributed by atoms with Crippen molar-refractivity contribution in [2.45, 2.75) is 44.9 Å². The number of ether oxygens (including phenoxy) is 1. The zero-order valence-electron chi connectivity index (χ0n) is 9.54. The molecule has 0 aromatic rings. The summed E-state index contributed by atoms with van der Waals surface area (Å²) < 4.78 is 5.11. The first kappa shape index (κ1) is 12.3. The molecule has 0 aromatic carbocycles. The minimum Gasteiger partial charge on any atom is -0.444 e. The van der Waals surface area contributed by atoms with E-state index in [4.69, 9.17) is 4.74 Å². The predicted molar refractivity (Wildman–Crippen MR) is 56.7 cm³/mol. The number of aliphatic hydroxyl groups is 1. The molecule has 0 saturated carbocycles. The zero-order chi connectivity index (χ0) is 11.5. The van der Waals surface area contributed by atoms with Crippen LogP contribution in [0.1, 0.15) is 27.2 Å². The van der Waals surface area contributed by atoms with Crippen molar-refractivity contribution < 1.29 is 14.6 Å². The topological polar surface area (TPSA) is 70.6 Å². The van der Waals surface area contributed by atoms with E-state index in [1.165, 1.54) is 0 Å². The molecule has 15 heavy (non-hydrogen) atoms. The highest BCUT2D eigenvalue weighted by Gasteiger charge is 2.26. The number of carbonyl (C=O) groups is 1. The second kappa shape index (κ2) is 4.81. The first-order valence-electron chi connectivity index (χ1n) is 5.27. The van der Waals surface area contributed by atoms with Gasteiger partial charge in [0.15, 0.2) is 0 Å². The van der Waals surface area contributed by atoms with E-state index in [0.29, 0.717) is 6.54 Å². The van der Waals surface area contributed by atoms with E-state index >= 15 is 0 Å². The van der Waals surface area contributed by atoms with Crippen LogP contribution in [0.5, 0.6) is 0 Å². The van der Waals surface area contributed by atoms with E-state index in [9.17, 15) is 9.90 Å². The lowest BCUT2D eigenvalue weighted by atomic mass is 10.0. The standard InChI is InChI=1S/C10H20N2O3/c1-10(2,3)15-9(14)12-7-4-5-11-6-8(7)13/h7-8,11,13H,4-6H2,1-3H3,(H,12,14)/t7-,8-/m0/s1. The third-order valence-electron chi connectivity index (χ3n) is 2.15. The first-order valence-corrected chi connectivity index (χ1v) is 5.27. The number of amides is 1. The summed E-state index contributed by atoms with van der Waals surface area (Å²) >= 11 is 0. The summed E-state index contributed by atoms with van der Waals surface area (Å²) in [4.78, 5) is 11.4. The molecule has 1 aliphatic heterocycles. The Morgan fingerprint density at radius 3 is 2.73 bits per heavy atom. The minimum atomic E-state index is -0.536. The van der Waals surface area contributed by atoms with Crippen molar-refractivity contribution in [2.75, 3.05) is 13.1 Å². The molecule has 1 heterocycles. The summed E-state index contributed by atoms with van der Waals surface area (Å²) in [5.74, 6) is 0. The van der Waals surface area contributed by atoms with Gasteiger partial charge >= 0.3 is 6.09 Å². The molecule has 2 atom stereocenters. The van der Waals surface area contributed by atoms with Gasteiger partial charge in [-0.2, -0.15) is 0 Å². The first-order chi connectivity index (χ1) is 6.88. The van der Waals surface area contributed by atoms with Crippen molar-refractivity contribution in [1.82, 2.24) is 10.6 Å². The Labute approximate surface area is 90.2 Å². The number of rotatable bonds is 1. The molecule has 0 radical (unpaired) electrons. The zero-order valence-corrected chi connectivity index (χ0v) is 9.54. The van der Waals surface area contributed by atoms with E-state index in [0.717, 1.165) is 13.0 Å². The molecule has 0 aliphatic carbocycles. The smallest absolute Gasteiger partial charge is 0.407 e. The van der Waals surface area contributed by atoms with Crippen LogP contribution in [0.15, 0.2) is 0 Å². The lowest BCUT2D eigenvalue weighted by Crippen LogP contribution is -2.53. The van der Waals surface area contributed by atoms with Crippen LogP contribution in [0.3, 0.4) is 0 Å². The van der Waals surface area contributed by atoms with Crippen molar-refractivity contribution in [2.24, 2.45) is 0 Å². The largest absolute Gasteiger partial charge is 0.444 e. The quantitative estimate of drug-likeness (QED) is 0.587.